The summed E-state index contributed by atoms with van der Waals surface area (Å²) in [6.45, 7) is 0. The van der Waals surface area contributed by atoms with Crippen molar-refractivity contribution in [1.82, 2.24) is 0 Å². The summed E-state index contributed by atoms with van der Waals surface area (Å²) in [5, 5.41) is 11.6. The van der Waals surface area contributed by atoms with Crippen LogP contribution in [0.25, 0.3) is 11.1 Å². The Kier molecular flexibility index (Phi) is 8.52. The number of nitrogens with zero attached hydrogens (tertiary/aromatic N) is 1. The number of alkyl halides is 6. The molecule has 4 rings (SSSR count). The number of halogens is 6. The minimum Gasteiger partial charge on any atom is -0.406 e. The highest BCUT2D eigenvalue weighted by molar-refractivity contribution is 7.93. The Morgan fingerprint density at radius 3 is 1.91 bits per heavy atom. The zero-order valence-electron chi connectivity index (χ0n) is 21.5. The summed E-state index contributed by atoms with van der Waals surface area (Å²) in [6, 6.07) is 14.2. The lowest BCUT2D eigenvalue weighted by molar-refractivity contribution is -0.384. The number of sulfonamides is 2. The third-order valence-electron chi connectivity index (χ3n) is 5.76. The second kappa shape index (κ2) is 11.7. The molecule has 0 heterocycles. The molecule has 0 unspecified atom stereocenters. The third-order valence-corrected chi connectivity index (χ3v) is 8.50. The van der Waals surface area contributed by atoms with Crippen LogP contribution in [0.2, 0.25) is 0 Å². The number of anilines is 2. The first-order valence-corrected chi connectivity index (χ1v) is 14.8. The Morgan fingerprint density at radius 1 is 0.682 bits per heavy atom. The lowest BCUT2D eigenvalue weighted by Crippen LogP contribution is -2.19. The molecular weight excluding hydrogens is 644 g/mol. The molecule has 0 fully saturated rings. The van der Waals surface area contributed by atoms with Gasteiger partial charge in [-0.15, -0.1) is 13.2 Å². The van der Waals surface area contributed by atoms with E-state index >= 15 is 0 Å². The Bertz CT molecular complexity index is 1930. The predicted molar refractivity (Wildman–Crippen MR) is 145 cm³/mol. The van der Waals surface area contributed by atoms with Gasteiger partial charge in [-0.3, -0.25) is 19.6 Å². The maximum atomic E-state index is 13.2. The number of para-hydroxylation sites is 1. The van der Waals surface area contributed by atoms with Crippen LogP contribution in [-0.4, -0.2) is 28.1 Å². The average Bonchev–Trinajstić information content (AvgIpc) is 2.93. The van der Waals surface area contributed by atoms with Gasteiger partial charge in [0.05, 0.1) is 37.2 Å². The van der Waals surface area contributed by atoms with E-state index in [1.807, 2.05) is 4.72 Å². The molecule has 2 N–H and O–H groups in total. The van der Waals surface area contributed by atoms with Crippen molar-refractivity contribution in [3.05, 3.63) is 107 Å². The third kappa shape index (κ3) is 7.56. The first-order chi connectivity index (χ1) is 20.4. The highest BCUT2D eigenvalue weighted by Gasteiger charge is 2.33. The van der Waals surface area contributed by atoms with Gasteiger partial charge in [0.15, 0.2) is 0 Å². The van der Waals surface area contributed by atoms with Gasteiger partial charge in [0.2, 0.25) is 0 Å². The van der Waals surface area contributed by atoms with Crippen molar-refractivity contribution in [2.24, 2.45) is 0 Å². The summed E-state index contributed by atoms with van der Waals surface area (Å²) in [5.74, 6) is -0.732. The SMILES string of the molecule is O=[N+]([O-])c1ccccc1-c1ccc(NS(=O)(=O)c2cccc(C(F)(F)F)c2)c(NS(=O)(=O)c2ccc(OC(F)(F)F)cc2)c1. The first-order valence-electron chi connectivity index (χ1n) is 11.8. The van der Waals surface area contributed by atoms with Gasteiger partial charge in [-0.05, 0) is 66.2 Å². The van der Waals surface area contributed by atoms with Gasteiger partial charge in [0.25, 0.3) is 25.7 Å². The Morgan fingerprint density at radius 2 is 1.30 bits per heavy atom. The molecular formula is C26H17F6N3O7S2. The maximum absolute atomic E-state index is 13.2. The molecule has 0 aliphatic heterocycles. The molecule has 18 heteroatoms. The number of nitro benzene ring substituents is 1. The fourth-order valence-electron chi connectivity index (χ4n) is 3.83. The second-order valence-corrected chi connectivity index (χ2v) is 12.2. The summed E-state index contributed by atoms with van der Waals surface area (Å²) in [5.41, 5.74) is -2.65. The highest BCUT2D eigenvalue weighted by atomic mass is 32.2. The quantitative estimate of drug-likeness (QED) is 0.114. The van der Waals surface area contributed by atoms with Crippen LogP contribution in [-0.2, 0) is 26.2 Å². The van der Waals surface area contributed by atoms with Crippen molar-refractivity contribution in [2.75, 3.05) is 9.44 Å². The van der Waals surface area contributed by atoms with Crippen molar-refractivity contribution in [3.63, 3.8) is 0 Å². The van der Waals surface area contributed by atoms with E-state index in [0.717, 1.165) is 42.5 Å². The number of rotatable bonds is 9. The van der Waals surface area contributed by atoms with Gasteiger partial charge >= 0.3 is 12.5 Å². The van der Waals surface area contributed by atoms with Crippen molar-refractivity contribution >= 4 is 37.1 Å². The number of nitrogens with one attached hydrogen (secondary N) is 2. The van der Waals surface area contributed by atoms with Gasteiger partial charge < -0.3 is 4.74 Å². The predicted octanol–water partition coefficient (Wildman–Crippen LogP) is 6.78. The molecule has 44 heavy (non-hydrogen) atoms. The fraction of sp³-hybridized carbons (Fsp3) is 0.0769. The van der Waals surface area contributed by atoms with Crippen LogP contribution in [0.4, 0.5) is 43.4 Å². The van der Waals surface area contributed by atoms with Crippen molar-refractivity contribution in [1.29, 1.82) is 0 Å². The molecule has 4 aromatic rings. The molecule has 0 aliphatic rings. The van der Waals surface area contributed by atoms with E-state index in [4.69, 9.17) is 0 Å². The molecule has 0 aromatic heterocycles. The largest absolute Gasteiger partial charge is 0.573 e. The maximum Gasteiger partial charge on any atom is 0.573 e. The van der Waals surface area contributed by atoms with Crippen LogP contribution in [0.15, 0.2) is 101 Å². The number of benzene rings is 4. The van der Waals surface area contributed by atoms with Crippen molar-refractivity contribution in [2.45, 2.75) is 22.3 Å². The Labute approximate surface area is 245 Å². The number of hydrogen-bond donors (Lipinski definition) is 2. The zero-order valence-corrected chi connectivity index (χ0v) is 23.2. The summed E-state index contributed by atoms with van der Waals surface area (Å²) >= 11 is 0. The lowest BCUT2D eigenvalue weighted by atomic mass is 10.0. The fourth-order valence-corrected chi connectivity index (χ4v) is 6.03. The molecule has 0 radical (unpaired) electrons. The second-order valence-electron chi connectivity index (χ2n) is 8.79. The minimum absolute atomic E-state index is 0.00103. The van der Waals surface area contributed by atoms with E-state index in [1.165, 1.54) is 24.3 Å². The van der Waals surface area contributed by atoms with Gasteiger partial charge in [0, 0.05) is 6.07 Å². The van der Waals surface area contributed by atoms with Gasteiger partial charge in [-0.25, -0.2) is 16.8 Å². The first kappa shape index (κ1) is 32.1. The van der Waals surface area contributed by atoms with E-state index in [9.17, 15) is 53.3 Å². The Hall–Kier alpha value is -4.84. The van der Waals surface area contributed by atoms with Crippen LogP contribution >= 0.6 is 0 Å². The minimum atomic E-state index is -5.05. The van der Waals surface area contributed by atoms with Crippen LogP contribution in [0.1, 0.15) is 5.56 Å². The number of nitro groups is 1. The van der Waals surface area contributed by atoms with Crippen molar-refractivity contribution in [3.8, 4) is 16.9 Å². The van der Waals surface area contributed by atoms with E-state index in [0.29, 0.717) is 24.3 Å². The normalized spacial score (nSPS) is 12.4. The topological polar surface area (TPSA) is 145 Å². The molecule has 0 saturated heterocycles. The van der Waals surface area contributed by atoms with Crippen LogP contribution in [0.3, 0.4) is 0 Å². The van der Waals surface area contributed by atoms with E-state index < -0.39 is 70.0 Å². The van der Waals surface area contributed by atoms with Gasteiger partial charge in [-0.2, -0.15) is 13.2 Å². The molecule has 0 bridgehead atoms. The van der Waals surface area contributed by atoms with E-state index in [2.05, 4.69) is 9.46 Å². The van der Waals surface area contributed by atoms with E-state index in [1.54, 1.807) is 0 Å². The highest BCUT2D eigenvalue weighted by Crippen LogP contribution is 2.37. The Balaban J connectivity index is 1.79. The van der Waals surface area contributed by atoms with Gasteiger partial charge in [0.1, 0.15) is 5.75 Å². The van der Waals surface area contributed by atoms with Crippen LogP contribution in [0, 0.1) is 10.1 Å². The molecule has 0 amide bonds. The zero-order chi connectivity index (χ0) is 32.5. The summed E-state index contributed by atoms with van der Waals surface area (Å²) < 4.78 is 137. The standard InChI is InChI=1S/C26H17F6N3O7S2/c27-25(28,29)17-4-3-5-20(15-17)44(40,41)33-22-13-8-16(21-6-1-2-7-24(21)35(36)37)14-23(22)34-43(38,39)19-11-9-18(10-12-19)42-26(30,31)32/h1-15,33-34H. The lowest BCUT2D eigenvalue weighted by Gasteiger charge is -2.17. The molecule has 10 nitrogen and oxygen atoms in total. The molecule has 0 spiro atoms. The van der Waals surface area contributed by atoms with E-state index in [-0.39, 0.29) is 16.8 Å². The summed E-state index contributed by atoms with van der Waals surface area (Å²) in [7, 11) is -9.45. The number of hydrogen-bond acceptors (Lipinski definition) is 7. The molecule has 0 aliphatic carbocycles. The van der Waals surface area contributed by atoms with Crippen LogP contribution in [0.5, 0.6) is 5.75 Å². The van der Waals surface area contributed by atoms with Crippen molar-refractivity contribution < 1.29 is 52.8 Å². The van der Waals surface area contributed by atoms with Gasteiger partial charge in [-0.1, -0.05) is 24.3 Å². The van der Waals surface area contributed by atoms with Crippen LogP contribution < -0.4 is 14.2 Å². The monoisotopic (exact) mass is 661 g/mol. The smallest absolute Gasteiger partial charge is 0.406 e. The molecule has 4 aromatic carbocycles. The summed E-state index contributed by atoms with van der Waals surface area (Å²) in [4.78, 5) is 9.44. The summed E-state index contributed by atoms with van der Waals surface area (Å²) in [6.07, 6.45) is -9.93. The average molecular weight is 662 g/mol. The number of ether oxygens (including phenoxy) is 1. The molecule has 0 saturated carbocycles. The molecule has 232 valence electrons. The molecule has 0 atom stereocenters.